The van der Waals surface area contributed by atoms with Crippen molar-refractivity contribution in [3.05, 3.63) is 49.7 Å². The molecule has 0 amide bonds. The summed E-state index contributed by atoms with van der Waals surface area (Å²) in [6.07, 6.45) is 4.80. The molecule has 0 fully saturated rings. The van der Waals surface area contributed by atoms with Crippen molar-refractivity contribution < 1.29 is 4.42 Å². The van der Waals surface area contributed by atoms with E-state index >= 15 is 0 Å². The Hall–Kier alpha value is -1.66. The molecule has 22 heavy (non-hydrogen) atoms. The molecule has 0 saturated heterocycles. The zero-order chi connectivity index (χ0) is 15.3. The summed E-state index contributed by atoms with van der Waals surface area (Å²) in [7, 11) is 0. The standard InChI is InChI=1S/C16H16N2O2S2/c1-9-4-5-11-12(7-9)22-14-13(11)15(19)18(16(21)17-14)8-10-3-2-6-20-10/h2-3,6,9H,4-5,7-8H2,1H3,(H,17,21)/t9-/m1/s1. The maximum absolute atomic E-state index is 12.9. The first-order valence-corrected chi connectivity index (χ1v) is 8.65. The molecule has 3 heterocycles. The highest BCUT2D eigenvalue weighted by Crippen LogP contribution is 2.35. The van der Waals surface area contributed by atoms with E-state index in [2.05, 4.69) is 11.9 Å². The molecule has 0 bridgehead atoms. The van der Waals surface area contributed by atoms with E-state index in [1.807, 2.05) is 12.1 Å². The predicted molar refractivity (Wildman–Crippen MR) is 90.3 cm³/mol. The third-order valence-electron chi connectivity index (χ3n) is 4.33. The normalized spacial score (nSPS) is 17.8. The second kappa shape index (κ2) is 5.21. The third-order valence-corrected chi connectivity index (χ3v) is 5.82. The fourth-order valence-electron chi connectivity index (χ4n) is 3.16. The van der Waals surface area contributed by atoms with E-state index in [0.29, 0.717) is 17.2 Å². The van der Waals surface area contributed by atoms with E-state index in [0.717, 1.165) is 35.2 Å². The number of nitrogens with zero attached hydrogens (tertiary/aromatic N) is 1. The van der Waals surface area contributed by atoms with Gasteiger partial charge in [-0.3, -0.25) is 9.36 Å². The second-order valence-electron chi connectivity index (χ2n) is 5.96. The maximum atomic E-state index is 12.9. The van der Waals surface area contributed by atoms with Crippen LogP contribution in [0.5, 0.6) is 0 Å². The van der Waals surface area contributed by atoms with E-state index in [4.69, 9.17) is 16.6 Å². The van der Waals surface area contributed by atoms with Crippen LogP contribution in [0.2, 0.25) is 0 Å². The van der Waals surface area contributed by atoms with Crippen molar-refractivity contribution in [3.8, 4) is 0 Å². The Morgan fingerprint density at radius 1 is 1.55 bits per heavy atom. The van der Waals surface area contributed by atoms with Crippen molar-refractivity contribution in [1.82, 2.24) is 9.55 Å². The number of H-pyrrole nitrogens is 1. The number of nitrogens with one attached hydrogen (secondary N) is 1. The number of hydrogen-bond donors (Lipinski definition) is 1. The smallest absolute Gasteiger partial charge is 0.263 e. The van der Waals surface area contributed by atoms with Crippen LogP contribution in [0.15, 0.2) is 27.6 Å². The lowest BCUT2D eigenvalue weighted by molar-refractivity contribution is 0.487. The minimum Gasteiger partial charge on any atom is -0.467 e. The SMILES string of the molecule is C[C@@H]1CCc2c(sc3[nH]c(=S)n(Cc4ccco4)c(=O)c23)C1. The van der Waals surface area contributed by atoms with Gasteiger partial charge in [-0.2, -0.15) is 0 Å². The van der Waals surface area contributed by atoms with Gasteiger partial charge in [-0.25, -0.2) is 0 Å². The highest BCUT2D eigenvalue weighted by atomic mass is 32.1. The van der Waals surface area contributed by atoms with Gasteiger partial charge in [0.1, 0.15) is 10.6 Å². The summed E-state index contributed by atoms with van der Waals surface area (Å²) in [4.78, 5) is 18.4. The number of thiophene rings is 1. The van der Waals surface area contributed by atoms with Crippen LogP contribution in [0.3, 0.4) is 0 Å². The molecule has 0 radical (unpaired) electrons. The molecule has 0 aliphatic heterocycles. The Kier molecular flexibility index (Phi) is 3.31. The molecule has 0 spiro atoms. The Morgan fingerprint density at radius 2 is 2.41 bits per heavy atom. The van der Waals surface area contributed by atoms with Crippen molar-refractivity contribution in [2.45, 2.75) is 32.7 Å². The number of furan rings is 1. The summed E-state index contributed by atoms with van der Waals surface area (Å²) in [5.74, 6) is 1.42. The van der Waals surface area contributed by atoms with Crippen LogP contribution >= 0.6 is 23.6 Å². The average molecular weight is 332 g/mol. The van der Waals surface area contributed by atoms with Crippen LogP contribution in [-0.2, 0) is 19.4 Å². The molecule has 0 saturated carbocycles. The molecule has 1 atom stereocenters. The van der Waals surface area contributed by atoms with Crippen molar-refractivity contribution in [2.75, 3.05) is 0 Å². The van der Waals surface area contributed by atoms with Crippen LogP contribution in [0.25, 0.3) is 10.2 Å². The molecular weight excluding hydrogens is 316 g/mol. The molecule has 3 aromatic heterocycles. The van der Waals surface area contributed by atoms with Crippen molar-refractivity contribution >= 4 is 33.8 Å². The summed E-state index contributed by atoms with van der Waals surface area (Å²) >= 11 is 7.07. The van der Waals surface area contributed by atoms with Crippen LogP contribution in [0.4, 0.5) is 0 Å². The minimum absolute atomic E-state index is 0.00204. The third kappa shape index (κ3) is 2.18. The predicted octanol–water partition coefficient (Wildman–Crippen LogP) is 3.89. The molecule has 1 N–H and O–H groups in total. The molecule has 3 aromatic rings. The lowest BCUT2D eigenvalue weighted by Crippen LogP contribution is -2.23. The van der Waals surface area contributed by atoms with Gasteiger partial charge >= 0.3 is 0 Å². The van der Waals surface area contributed by atoms with Gasteiger partial charge in [-0.15, -0.1) is 11.3 Å². The first-order valence-electron chi connectivity index (χ1n) is 7.43. The van der Waals surface area contributed by atoms with Crippen LogP contribution in [0, 0.1) is 10.7 Å². The average Bonchev–Trinajstić information content (AvgIpc) is 3.09. The number of aromatic amines is 1. The fourth-order valence-corrected chi connectivity index (χ4v) is 4.87. The summed E-state index contributed by atoms with van der Waals surface area (Å²) in [6, 6.07) is 3.68. The van der Waals surface area contributed by atoms with E-state index < -0.39 is 0 Å². The monoisotopic (exact) mass is 332 g/mol. The lowest BCUT2D eigenvalue weighted by Gasteiger charge is -2.17. The largest absolute Gasteiger partial charge is 0.467 e. The Morgan fingerprint density at radius 3 is 3.18 bits per heavy atom. The molecule has 6 heteroatoms. The maximum Gasteiger partial charge on any atom is 0.263 e. The van der Waals surface area contributed by atoms with Gasteiger partial charge < -0.3 is 9.40 Å². The van der Waals surface area contributed by atoms with Gasteiger partial charge in [0.05, 0.1) is 18.2 Å². The highest BCUT2D eigenvalue weighted by Gasteiger charge is 2.23. The lowest BCUT2D eigenvalue weighted by atomic mass is 9.89. The van der Waals surface area contributed by atoms with Gasteiger partial charge in [0, 0.05) is 4.88 Å². The summed E-state index contributed by atoms with van der Waals surface area (Å²) in [5, 5.41) is 0.826. The zero-order valence-electron chi connectivity index (χ0n) is 12.2. The van der Waals surface area contributed by atoms with E-state index in [9.17, 15) is 4.79 Å². The quantitative estimate of drug-likeness (QED) is 0.724. The van der Waals surface area contributed by atoms with Crippen LogP contribution in [-0.4, -0.2) is 9.55 Å². The number of rotatable bonds is 2. The number of hydrogen-bond acceptors (Lipinski definition) is 4. The molecule has 4 nitrogen and oxygen atoms in total. The van der Waals surface area contributed by atoms with Crippen molar-refractivity contribution in [2.24, 2.45) is 5.92 Å². The Balaban J connectivity index is 1.92. The molecule has 0 aromatic carbocycles. The highest BCUT2D eigenvalue weighted by molar-refractivity contribution is 7.71. The number of aryl methyl sites for hydroxylation is 1. The Bertz CT molecular complexity index is 947. The van der Waals surface area contributed by atoms with Gasteiger partial charge in [0.15, 0.2) is 4.77 Å². The second-order valence-corrected chi connectivity index (χ2v) is 7.45. The zero-order valence-corrected chi connectivity index (χ0v) is 13.9. The first kappa shape index (κ1) is 14.0. The molecule has 114 valence electrons. The summed E-state index contributed by atoms with van der Waals surface area (Å²) in [5.41, 5.74) is 1.23. The topological polar surface area (TPSA) is 50.9 Å². The molecule has 1 aliphatic rings. The van der Waals surface area contributed by atoms with E-state index in [1.165, 1.54) is 10.4 Å². The molecular formula is C16H16N2O2S2. The molecule has 4 rings (SSSR count). The summed E-state index contributed by atoms with van der Waals surface area (Å²) < 4.78 is 7.41. The summed E-state index contributed by atoms with van der Waals surface area (Å²) in [6.45, 7) is 2.64. The number of aromatic nitrogens is 2. The van der Waals surface area contributed by atoms with E-state index in [1.54, 1.807) is 22.2 Å². The van der Waals surface area contributed by atoms with Crippen LogP contribution in [0.1, 0.15) is 29.5 Å². The van der Waals surface area contributed by atoms with Gasteiger partial charge in [-0.1, -0.05) is 6.92 Å². The van der Waals surface area contributed by atoms with Crippen molar-refractivity contribution in [3.63, 3.8) is 0 Å². The van der Waals surface area contributed by atoms with Gasteiger partial charge in [-0.05, 0) is 55.1 Å². The van der Waals surface area contributed by atoms with Gasteiger partial charge in [0.2, 0.25) is 0 Å². The van der Waals surface area contributed by atoms with Crippen molar-refractivity contribution in [1.29, 1.82) is 0 Å². The minimum atomic E-state index is 0.00204. The van der Waals surface area contributed by atoms with E-state index in [-0.39, 0.29) is 5.56 Å². The van der Waals surface area contributed by atoms with Crippen LogP contribution < -0.4 is 5.56 Å². The van der Waals surface area contributed by atoms with Gasteiger partial charge in [0.25, 0.3) is 5.56 Å². The Labute approximate surface area is 136 Å². The molecule has 1 aliphatic carbocycles. The first-order chi connectivity index (χ1) is 10.6. The fraction of sp³-hybridized carbons (Fsp3) is 0.375. The molecule has 0 unspecified atom stereocenters. The number of fused-ring (bicyclic) bond motifs is 3.